The number of aliphatic hydroxyl groups excluding tert-OH is 1. The van der Waals surface area contributed by atoms with E-state index in [0.717, 1.165) is 54.7 Å². The van der Waals surface area contributed by atoms with Crippen molar-refractivity contribution in [2.75, 3.05) is 0 Å². The van der Waals surface area contributed by atoms with Gasteiger partial charge < -0.3 is 5.11 Å². The van der Waals surface area contributed by atoms with Crippen LogP contribution in [0.4, 0.5) is 0 Å². The van der Waals surface area contributed by atoms with Crippen LogP contribution in [0.2, 0.25) is 18.1 Å². The number of thiophene rings is 1. The molecule has 0 saturated carbocycles. The number of carbonyl (C=O) groups is 1. The molecule has 0 unspecified atom stereocenters. The minimum Gasteiger partial charge on any atom is -0.512 e. The number of aryl methyl sites for hydroxylation is 3. The van der Waals surface area contributed by atoms with Gasteiger partial charge in [-0.2, -0.15) is 11.3 Å². The van der Waals surface area contributed by atoms with Gasteiger partial charge in [0.15, 0.2) is 5.78 Å². The Hall–Kier alpha value is -2.11. The third kappa shape index (κ3) is 11.3. The Balaban J connectivity index is 0.000000511. The summed E-state index contributed by atoms with van der Waals surface area (Å²) in [4.78, 5) is 17.2. The van der Waals surface area contributed by atoms with Crippen LogP contribution < -0.4 is 4.50 Å². The first-order chi connectivity index (χ1) is 25.6. The van der Waals surface area contributed by atoms with E-state index in [1.807, 2.05) is 47.7 Å². The molecule has 0 aliphatic rings. The first-order valence-corrected chi connectivity index (χ1v) is 24.9. The number of aliphatic hydroxyl groups is 1. The minimum absolute atomic E-state index is 0. The van der Waals surface area contributed by atoms with Gasteiger partial charge in [0.1, 0.15) is 13.8 Å². The molecule has 1 N–H and O–H groups in total. The van der Waals surface area contributed by atoms with Crippen LogP contribution in [0.1, 0.15) is 151 Å². The molecule has 6 heteroatoms. The van der Waals surface area contributed by atoms with Gasteiger partial charge in [-0.1, -0.05) is 143 Å². The Morgan fingerprint density at radius 1 is 0.804 bits per heavy atom. The largest absolute Gasteiger partial charge is 0.512 e. The second-order valence-electron chi connectivity index (χ2n) is 18.9. The fraction of sp³-hybridized carbons (Fsp3) is 0.600. The smallest absolute Gasteiger partial charge is 0.164 e. The number of benzene rings is 2. The van der Waals surface area contributed by atoms with Gasteiger partial charge in [0.25, 0.3) is 0 Å². The molecule has 0 bridgehead atoms. The molecule has 4 aromatic rings. The molecule has 0 aliphatic carbocycles. The summed E-state index contributed by atoms with van der Waals surface area (Å²) in [5, 5.41) is 14.1. The fourth-order valence-corrected chi connectivity index (χ4v) is 18.2. The summed E-state index contributed by atoms with van der Waals surface area (Å²) in [6.45, 7) is 38.1. The Kier molecular flexibility index (Phi) is 18.5. The second kappa shape index (κ2) is 20.7. The van der Waals surface area contributed by atoms with Crippen molar-refractivity contribution in [3.8, 4) is 11.3 Å². The van der Waals surface area contributed by atoms with Crippen LogP contribution in [0.5, 0.6) is 0 Å². The van der Waals surface area contributed by atoms with E-state index in [1.165, 1.54) is 67.3 Å². The number of aromatic nitrogens is 1. The number of hydrogen-bond donors (Lipinski definition) is 1. The van der Waals surface area contributed by atoms with Gasteiger partial charge in [0, 0.05) is 53.6 Å². The quantitative estimate of drug-likeness (QED) is 0.0527. The van der Waals surface area contributed by atoms with Crippen molar-refractivity contribution in [2.45, 2.75) is 167 Å². The van der Waals surface area contributed by atoms with Gasteiger partial charge in [-0.25, -0.2) is 0 Å². The Morgan fingerprint density at radius 2 is 1.30 bits per heavy atom. The third-order valence-electron chi connectivity index (χ3n) is 12.7. The van der Waals surface area contributed by atoms with E-state index < -0.39 is 8.07 Å². The number of rotatable bonds is 16. The van der Waals surface area contributed by atoms with E-state index in [4.69, 9.17) is 4.98 Å². The number of ketones is 1. The molecule has 1 radical (unpaired) electrons. The fourth-order valence-electron chi connectivity index (χ4n) is 8.58. The summed E-state index contributed by atoms with van der Waals surface area (Å²) in [5.41, 5.74) is 7.26. The van der Waals surface area contributed by atoms with Gasteiger partial charge in [-0.15, -0.1) is 29.1 Å². The van der Waals surface area contributed by atoms with E-state index in [2.05, 4.69) is 118 Å². The number of fused-ring (bicyclic) bond motifs is 2. The summed E-state index contributed by atoms with van der Waals surface area (Å²) in [7, 11) is -1.72. The SMILES string of the molecule is CCC(C)(CC)C(=O)/C=C(\O)C(C)(CC)CC.Cc1cc2[c-]c(-c3nccc4c(C)c([Si](CC(C)C)(CC(C)C)CC(C)C)sc34)cc(C(C)C)c2cc1C.[Ir]. The van der Waals surface area contributed by atoms with Crippen molar-refractivity contribution in [1.82, 2.24) is 4.98 Å². The summed E-state index contributed by atoms with van der Waals surface area (Å²) < 4.78 is 3.09. The van der Waals surface area contributed by atoms with Crippen LogP contribution in [0.25, 0.3) is 32.1 Å². The molecule has 2 aromatic heterocycles. The average molecular weight is 976 g/mol. The van der Waals surface area contributed by atoms with Gasteiger partial charge >= 0.3 is 0 Å². The topological polar surface area (TPSA) is 50.2 Å². The van der Waals surface area contributed by atoms with Crippen molar-refractivity contribution in [3.63, 3.8) is 0 Å². The molecule has 0 fully saturated rings. The van der Waals surface area contributed by atoms with E-state index >= 15 is 0 Å². The monoisotopic (exact) mass is 976 g/mol. The molecule has 2 heterocycles. The number of pyridine rings is 1. The molecule has 0 amide bonds. The van der Waals surface area contributed by atoms with Gasteiger partial charge in [-0.3, -0.25) is 9.78 Å². The third-order valence-corrected chi connectivity index (χ3v) is 21.6. The van der Waals surface area contributed by atoms with Crippen LogP contribution in [-0.2, 0) is 24.9 Å². The molecule has 313 valence electrons. The summed E-state index contributed by atoms with van der Waals surface area (Å²) in [5.74, 6) is 2.88. The van der Waals surface area contributed by atoms with E-state index in [-0.39, 0.29) is 42.5 Å². The molecule has 0 aliphatic heterocycles. The van der Waals surface area contributed by atoms with Crippen molar-refractivity contribution >= 4 is 50.6 Å². The predicted octanol–water partition coefficient (Wildman–Crippen LogP) is 15.2. The molecular formula is C50H76IrNO2SSi-. The van der Waals surface area contributed by atoms with Crippen molar-refractivity contribution < 1.29 is 30.0 Å². The molecule has 4 rings (SSSR count). The Bertz CT molecular complexity index is 1920. The van der Waals surface area contributed by atoms with Crippen LogP contribution in [0.3, 0.4) is 0 Å². The van der Waals surface area contributed by atoms with Crippen LogP contribution in [-0.4, -0.2) is 23.9 Å². The van der Waals surface area contributed by atoms with E-state index in [9.17, 15) is 9.90 Å². The molecule has 0 saturated heterocycles. The summed E-state index contributed by atoms with van der Waals surface area (Å²) >= 11 is 2.08. The first kappa shape index (κ1) is 50.0. The second-order valence-corrected chi connectivity index (χ2v) is 24.5. The Labute approximate surface area is 361 Å². The number of allylic oxidation sites excluding steroid dienone is 2. The molecule has 0 atom stereocenters. The summed E-state index contributed by atoms with van der Waals surface area (Å²) in [6, 6.07) is 17.2. The normalized spacial score (nSPS) is 12.9. The maximum absolute atomic E-state index is 12.2. The zero-order valence-electron chi connectivity index (χ0n) is 38.3. The average Bonchev–Trinajstić information content (AvgIpc) is 3.47. The van der Waals surface area contributed by atoms with Crippen molar-refractivity contribution in [1.29, 1.82) is 0 Å². The molecular weight excluding hydrogens is 899 g/mol. The number of nitrogens with zero attached hydrogens (tertiary/aromatic N) is 1. The Morgan fingerprint density at radius 3 is 1.77 bits per heavy atom. The number of hydrogen-bond acceptors (Lipinski definition) is 4. The van der Waals surface area contributed by atoms with Crippen LogP contribution in [0, 0.1) is 55.4 Å². The van der Waals surface area contributed by atoms with Crippen LogP contribution in [0.15, 0.2) is 42.3 Å². The molecule has 0 spiro atoms. The molecule has 3 nitrogen and oxygen atoms in total. The first-order valence-electron chi connectivity index (χ1n) is 21.4. The summed E-state index contributed by atoms with van der Waals surface area (Å²) in [6.07, 6.45) is 6.79. The zero-order valence-corrected chi connectivity index (χ0v) is 42.5. The van der Waals surface area contributed by atoms with Gasteiger partial charge in [0.05, 0.1) is 0 Å². The standard InChI is InChI=1S/C35H48NSSi.C15H28O2.Ir/c1-21(2)18-38(19-22(3)4,20-23(5)6)35-27(11)30-12-13-36-33(34(30)37-35)29-16-28-14-25(9)26(10)15-32(28)31(17-29)24(7)8;1-7-14(5,8-2)12(16)11-13(17)15(6,9-3)10-4;/h12-15,17,21-24H,18-20H2,1-11H3;11,16H,7-10H2,1-6H3;/q-1;;/b;12-11-;. The van der Waals surface area contributed by atoms with Gasteiger partial charge in [-0.05, 0) is 91.6 Å². The number of carbonyl (C=O) groups excluding carboxylic acids is 1. The molecule has 2 aromatic carbocycles. The van der Waals surface area contributed by atoms with Gasteiger partial charge in [0.2, 0.25) is 0 Å². The van der Waals surface area contributed by atoms with Crippen LogP contribution >= 0.6 is 11.3 Å². The zero-order chi connectivity index (χ0) is 41.6. The van der Waals surface area contributed by atoms with E-state index in [1.54, 1.807) is 4.50 Å². The predicted molar refractivity (Wildman–Crippen MR) is 247 cm³/mol. The van der Waals surface area contributed by atoms with Crippen molar-refractivity contribution in [2.24, 2.45) is 28.6 Å². The maximum atomic E-state index is 12.2. The maximum Gasteiger partial charge on any atom is 0.164 e. The van der Waals surface area contributed by atoms with Crippen molar-refractivity contribution in [3.05, 3.63) is 70.6 Å². The van der Waals surface area contributed by atoms with E-state index in [0.29, 0.717) is 5.92 Å². The minimum atomic E-state index is -1.72. The molecule has 56 heavy (non-hydrogen) atoms.